The van der Waals surface area contributed by atoms with Crippen molar-refractivity contribution in [2.75, 3.05) is 19.5 Å². The molecule has 1 fully saturated rings. The van der Waals surface area contributed by atoms with Crippen LogP contribution in [-0.4, -0.2) is 41.6 Å². The Labute approximate surface area is 196 Å². The third-order valence-corrected chi connectivity index (χ3v) is 5.96. The van der Waals surface area contributed by atoms with Gasteiger partial charge in [0, 0.05) is 36.6 Å². The van der Waals surface area contributed by atoms with Crippen LogP contribution < -0.4 is 15.4 Å². The molecule has 1 saturated carbocycles. The maximum atomic E-state index is 12.6. The van der Waals surface area contributed by atoms with Crippen LogP contribution in [0.25, 0.3) is 0 Å². The SMILES string of the molecule is COC(=O)C1(NCc2ccc(C(=O)Nc3cc(OC)ccn3)c(Cl)c2)CC1c1ccccn1. The van der Waals surface area contributed by atoms with Crippen LogP contribution >= 0.6 is 11.6 Å². The van der Waals surface area contributed by atoms with Crippen molar-refractivity contribution in [2.24, 2.45) is 0 Å². The molecule has 2 unspecified atom stereocenters. The number of nitrogens with zero attached hydrogens (tertiary/aromatic N) is 2. The molecule has 0 radical (unpaired) electrons. The van der Waals surface area contributed by atoms with E-state index >= 15 is 0 Å². The van der Waals surface area contributed by atoms with Crippen molar-refractivity contribution in [1.82, 2.24) is 15.3 Å². The second-order valence-electron chi connectivity index (χ2n) is 7.68. The molecule has 0 spiro atoms. The first-order valence-electron chi connectivity index (χ1n) is 10.3. The van der Waals surface area contributed by atoms with Crippen LogP contribution in [0.15, 0.2) is 60.9 Å². The van der Waals surface area contributed by atoms with Crippen molar-refractivity contribution in [3.63, 3.8) is 0 Å². The van der Waals surface area contributed by atoms with Gasteiger partial charge in [-0.15, -0.1) is 0 Å². The average molecular weight is 467 g/mol. The number of amides is 1. The van der Waals surface area contributed by atoms with Gasteiger partial charge in [-0.1, -0.05) is 23.7 Å². The molecule has 9 heteroatoms. The summed E-state index contributed by atoms with van der Waals surface area (Å²) in [6.07, 6.45) is 3.84. The normalized spacial score (nSPS) is 18.9. The molecule has 2 heterocycles. The highest BCUT2D eigenvalue weighted by Crippen LogP contribution is 2.51. The van der Waals surface area contributed by atoms with Crippen LogP contribution in [0.5, 0.6) is 5.75 Å². The summed E-state index contributed by atoms with van der Waals surface area (Å²) in [5, 5.41) is 6.31. The zero-order valence-electron chi connectivity index (χ0n) is 18.2. The molecule has 1 aliphatic rings. The zero-order valence-corrected chi connectivity index (χ0v) is 18.9. The Morgan fingerprint density at radius 3 is 2.67 bits per heavy atom. The van der Waals surface area contributed by atoms with E-state index in [0.29, 0.717) is 35.1 Å². The Balaban J connectivity index is 1.44. The van der Waals surface area contributed by atoms with Crippen LogP contribution in [0.2, 0.25) is 5.02 Å². The number of carbonyl (C=O) groups is 2. The summed E-state index contributed by atoms with van der Waals surface area (Å²) in [7, 11) is 2.91. The number of anilines is 1. The van der Waals surface area contributed by atoms with E-state index in [-0.39, 0.29) is 17.8 Å². The van der Waals surface area contributed by atoms with Crippen molar-refractivity contribution in [2.45, 2.75) is 24.4 Å². The number of aromatic nitrogens is 2. The van der Waals surface area contributed by atoms with Crippen LogP contribution in [0, 0.1) is 0 Å². The van der Waals surface area contributed by atoms with Crippen LogP contribution in [-0.2, 0) is 16.1 Å². The van der Waals surface area contributed by atoms with Gasteiger partial charge in [0.1, 0.15) is 17.1 Å². The van der Waals surface area contributed by atoms with E-state index in [9.17, 15) is 9.59 Å². The molecule has 0 bridgehead atoms. The van der Waals surface area contributed by atoms with Gasteiger partial charge in [-0.2, -0.15) is 0 Å². The smallest absolute Gasteiger partial charge is 0.326 e. The maximum Gasteiger partial charge on any atom is 0.326 e. The number of esters is 1. The van der Waals surface area contributed by atoms with E-state index in [1.165, 1.54) is 20.4 Å². The Bertz CT molecular complexity index is 1170. The van der Waals surface area contributed by atoms with E-state index < -0.39 is 5.54 Å². The molecule has 2 aromatic heterocycles. The topological polar surface area (TPSA) is 102 Å². The van der Waals surface area contributed by atoms with Crippen LogP contribution in [0.1, 0.15) is 34.0 Å². The number of halogens is 1. The molecule has 0 aliphatic heterocycles. The molecule has 1 aromatic carbocycles. The molecular weight excluding hydrogens is 444 g/mol. The second-order valence-corrected chi connectivity index (χ2v) is 8.08. The number of benzene rings is 1. The molecule has 8 nitrogen and oxygen atoms in total. The Hall–Kier alpha value is -3.49. The summed E-state index contributed by atoms with van der Waals surface area (Å²) in [4.78, 5) is 33.6. The minimum atomic E-state index is -0.830. The minimum Gasteiger partial charge on any atom is -0.497 e. The van der Waals surface area contributed by atoms with Crippen molar-refractivity contribution < 1.29 is 19.1 Å². The lowest BCUT2D eigenvalue weighted by Gasteiger charge is -2.17. The first kappa shape index (κ1) is 22.7. The fourth-order valence-electron chi connectivity index (χ4n) is 3.78. The van der Waals surface area contributed by atoms with Crippen molar-refractivity contribution in [3.8, 4) is 5.75 Å². The lowest BCUT2D eigenvalue weighted by Crippen LogP contribution is -2.41. The summed E-state index contributed by atoms with van der Waals surface area (Å²) in [5.41, 5.74) is 1.15. The molecule has 170 valence electrons. The average Bonchev–Trinajstić information content (AvgIpc) is 3.59. The first-order chi connectivity index (χ1) is 16.0. The molecule has 2 atom stereocenters. The number of methoxy groups -OCH3 is 2. The van der Waals surface area contributed by atoms with Gasteiger partial charge < -0.3 is 14.8 Å². The van der Waals surface area contributed by atoms with Crippen molar-refractivity contribution in [1.29, 1.82) is 0 Å². The van der Waals surface area contributed by atoms with Gasteiger partial charge >= 0.3 is 5.97 Å². The van der Waals surface area contributed by atoms with Gasteiger partial charge in [-0.3, -0.25) is 19.9 Å². The lowest BCUT2D eigenvalue weighted by molar-refractivity contribution is -0.144. The molecule has 1 aliphatic carbocycles. The number of rotatable bonds is 8. The number of nitrogens with one attached hydrogen (secondary N) is 2. The van der Waals surface area contributed by atoms with Gasteiger partial charge in [-0.25, -0.2) is 4.98 Å². The van der Waals surface area contributed by atoms with Gasteiger partial charge in [0.25, 0.3) is 5.91 Å². The number of hydrogen-bond donors (Lipinski definition) is 2. The van der Waals surface area contributed by atoms with Crippen LogP contribution in [0.4, 0.5) is 5.82 Å². The van der Waals surface area contributed by atoms with Gasteiger partial charge in [0.05, 0.1) is 24.8 Å². The summed E-state index contributed by atoms with van der Waals surface area (Å²) in [6.45, 7) is 0.373. The van der Waals surface area contributed by atoms with Gasteiger partial charge in [-0.05, 0) is 42.3 Å². The second kappa shape index (κ2) is 9.56. The van der Waals surface area contributed by atoms with E-state index in [4.69, 9.17) is 21.1 Å². The number of hydrogen-bond acceptors (Lipinski definition) is 7. The molecule has 3 aromatic rings. The Kier molecular flexibility index (Phi) is 6.57. The summed E-state index contributed by atoms with van der Waals surface area (Å²) in [5.74, 6) is 0.156. The van der Waals surface area contributed by atoms with E-state index in [1.54, 1.807) is 36.5 Å². The molecule has 0 saturated heterocycles. The standard InChI is InChI=1S/C24H23ClN4O4/c1-32-16-8-10-27-21(12-16)29-22(30)17-7-6-15(11-19(17)25)14-28-24(23(31)33-2)13-18(24)20-5-3-4-9-26-20/h3-12,18,28H,13-14H2,1-2H3,(H,27,29,30). The molecule has 33 heavy (non-hydrogen) atoms. The quantitative estimate of drug-likeness (QED) is 0.489. The fourth-order valence-corrected chi connectivity index (χ4v) is 4.07. The van der Waals surface area contributed by atoms with Crippen LogP contribution in [0.3, 0.4) is 0 Å². The number of pyridine rings is 2. The highest BCUT2D eigenvalue weighted by Gasteiger charge is 2.62. The molecule has 4 rings (SSSR count). The maximum absolute atomic E-state index is 12.6. The third kappa shape index (κ3) is 4.81. The predicted molar refractivity (Wildman–Crippen MR) is 123 cm³/mol. The van der Waals surface area contributed by atoms with E-state index in [2.05, 4.69) is 20.6 Å². The monoisotopic (exact) mass is 466 g/mol. The minimum absolute atomic E-state index is 0.0676. The van der Waals surface area contributed by atoms with Crippen molar-refractivity contribution in [3.05, 3.63) is 82.8 Å². The number of ether oxygens (including phenoxy) is 2. The molecule has 1 amide bonds. The Morgan fingerprint density at radius 1 is 1.12 bits per heavy atom. The molecule has 2 N–H and O–H groups in total. The highest BCUT2D eigenvalue weighted by molar-refractivity contribution is 6.34. The summed E-state index contributed by atoms with van der Waals surface area (Å²) in [6, 6.07) is 14.1. The van der Waals surface area contributed by atoms with Crippen molar-refractivity contribution >= 4 is 29.3 Å². The van der Waals surface area contributed by atoms with Gasteiger partial charge in [0.15, 0.2) is 0 Å². The fraction of sp³-hybridized carbons (Fsp3) is 0.250. The predicted octanol–water partition coefficient (Wildman–Crippen LogP) is 3.58. The lowest BCUT2D eigenvalue weighted by atomic mass is 10.1. The largest absolute Gasteiger partial charge is 0.497 e. The first-order valence-corrected chi connectivity index (χ1v) is 10.7. The molecular formula is C24H23ClN4O4. The van der Waals surface area contributed by atoms with E-state index in [0.717, 1.165) is 11.3 Å². The third-order valence-electron chi connectivity index (χ3n) is 5.65. The van der Waals surface area contributed by atoms with Gasteiger partial charge in [0.2, 0.25) is 0 Å². The highest BCUT2D eigenvalue weighted by atomic mass is 35.5. The zero-order chi connectivity index (χ0) is 23.4. The number of carbonyl (C=O) groups excluding carboxylic acids is 2. The Morgan fingerprint density at radius 2 is 1.97 bits per heavy atom. The van der Waals surface area contributed by atoms with E-state index in [1.807, 2.05) is 18.2 Å². The summed E-state index contributed by atoms with van der Waals surface area (Å²) >= 11 is 6.39. The summed E-state index contributed by atoms with van der Waals surface area (Å²) < 4.78 is 10.2.